The second-order valence-electron chi connectivity index (χ2n) is 6.62. The zero-order valence-corrected chi connectivity index (χ0v) is 15.9. The van der Waals surface area contributed by atoms with Crippen LogP contribution in [-0.2, 0) is 4.79 Å². The molecule has 0 bridgehead atoms. The van der Waals surface area contributed by atoms with Crippen LogP contribution in [0, 0.1) is 0 Å². The zero-order chi connectivity index (χ0) is 19.0. The molecule has 4 rings (SSSR count). The summed E-state index contributed by atoms with van der Waals surface area (Å²) >= 11 is 3.37. The van der Waals surface area contributed by atoms with E-state index in [1.165, 1.54) is 0 Å². The first kappa shape index (κ1) is 17.7. The quantitative estimate of drug-likeness (QED) is 0.766. The average Bonchev–Trinajstić information content (AvgIpc) is 2.78. The van der Waals surface area contributed by atoms with E-state index in [0.717, 1.165) is 4.47 Å². The summed E-state index contributed by atoms with van der Waals surface area (Å²) in [7, 11) is 0. The van der Waals surface area contributed by atoms with Crippen LogP contribution in [0.1, 0.15) is 33.6 Å². The molecule has 0 radical (unpaired) electrons. The smallest absolute Gasteiger partial charge is 0.256 e. The fourth-order valence-electron chi connectivity index (χ4n) is 3.53. The van der Waals surface area contributed by atoms with Gasteiger partial charge in [-0.2, -0.15) is 0 Å². The molecule has 2 aliphatic rings. The van der Waals surface area contributed by atoms with Crippen molar-refractivity contribution in [3.63, 3.8) is 0 Å². The summed E-state index contributed by atoms with van der Waals surface area (Å²) in [6, 6.07) is 7.71. The summed E-state index contributed by atoms with van der Waals surface area (Å²) in [6.07, 6.45) is 4.09. The molecule has 0 spiro atoms. The van der Waals surface area contributed by atoms with Gasteiger partial charge in [0.15, 0.2) is 0 Å². The number of hydrogen-bond acceptors (Lipinski definition) is 4. The lowest BCUT2D eigenvalue weighted by atomic mass is 9.96. The van der Waals surface area contributed by atoms with E-state index in [0.29, 0.717) is 36.2 Å². The van der Waals surface area contributed by atoms with Crippen molar-refractivity contribution in [2.45, 2.75) is 24.9 Å². The Balaban J connectivity index is 1.52. The van der Waals surface area contributed by atoms with Crippen LogP contribution in [0.2, 0.25) is 0 Å². The van der Waals surface area contributed by atoms with E-state index in [2.05, 4.69) is 31.5 Å². The maximum atomic E-state index is 12.9. The second-order valence-corrected chi connectivity index (χ2v) is 7.54. The molecule has 2 aliphatic heterocycles. The van der Waals surface area contributed by atoms with Gasteiger partial charge in [-0.1, -0.05) is 15.9 Å². The maximum Gasteiger partial charge on any atom is 0.256 e. The van der Waals surface area contributed by atoms with Crippen LogP contribution in [-0.4, -0.2) is 46.2 Å². The number of piperidine rings is 1. The fraction of sp³-hybridized carbons (Fsp3) is 0.263. The Labute approximate surface area is 164 Å². The van der Waals surface area contributed by atoms with E-state index in [-0.39, 0.29) is 23.8 Å². The largest absolute Gasteiger partial charge is 0.349 e. The molecule has 27 heavy (non-hydrogen) atoms. The van der Waals surface area contributed by atoms with Crippen molar-refractivity contribution < 1.29 is 14.4 Å². The molecule has 3 heterocycles. The number of pyridine rings is 1. The van der Waals surface area contributed by atoms with Gasteiger partial charge in [-0.3, -0.25) is 19.4 Å². The van der Waals surface area contributed by atoms with Crippen LogP contribution >= 0.6 is 15.9 Å². The number of benzene rings is 1. The number of nitrogens with zero attached hydrogens (tertiary/aromatic N) is 2. The van der Waals surface area contributed by atoms with Gasteiger partial charge in [-0.05, 0) is 43.2 Å². The Morgan fingerprint density at radius 3 is 2.78 bits per heavy atom. The van der Waals surface area contributed by atoms with Gasteiger partial charge in [-0.25, -0.2) is 0 Å². The molecular weight excluding hydrogens is 412 g/mol. The second kappa shape index (κ2) is 7.11. The number of carbonyl (C=O) groups excluding carboxylic acids is 3. The molecule has 3 amide bonds. The van der Waals surface area contributed by atoms with Crippen molar-refractivity contribution in [3.05, 3.63) is 58.3 Å². The molecule has 7 nitrogen and oxygen atoms in total. The van der Waals surface area contributed by atoms with Crippen LogP contribution in [0.3, 0.4) is 0 Å². The molecule has 1 aromatic heterocycles. The third-order valence-electron chi connectivity index (χ3n) is 4.91. The summed E-state index contributed by atoms with van der Waals surface area (Å²) in [6.45, 7) is 0.407. The van der Waals surface area contributed by atoms with Gasteiger partial charge in [0.25, 0.3) is 11.8 Å². The van der Waals surface area contributed by atoms with Crippen LogP contribution < -0.4 is 10.6 Å². The van der Waals surface area contributed by atoms with E-state index in [9.17, 15) is 14.4 Å². The normalized spacial score (nSPS) is 21.6. The van der Waals surface area contributed by atoms with E-state index in [4.69, 9.17) is 0 Å². The summed E-state index contributed by atoms with van der Waals surface area (Å²) in [4.78, 5) is 43.5. The highest BCUT2D eigenvalue weighted by Crippen LogP contribution is 2.30. The topological polar surface area (TPSA) is 91.4 Å². The van der Waals surface area contributed by atoms with E-state index < -0.39 is 6.04 Å². The minimum atomic E-state index is -0.611. The third kappa shape index (κ3) is 3.44. The number of aromatic nitrogens is 1. The molecule has 1 aromatic carbocycles. The first-order chi connectivity index (χ1) is 13.0. The number of fused-ring (bicyclic) bond motifs is 2. The van der Waals surface area contributed by atoms with Gasteiger partial charge < -0.3 is 15.5 Å². The van der Waals surface area contributed by atoms with Gasteiger partial charge in [0.2, 0.25) is 5.91 Å². The minimum absolute atomic E-state index is 0.173. The van der Waals surface area contributed by atoms with Crippen molar-refractivity contribution in [1.29, 1.82) is 0 Å². The molecule has 2 aromatic rings. The molecule has 0 saturated carbocycles. The lowest BCUT2D eigenvalue weighted by Gasteiger charge is -2.37. The number of anilines is 1. The van der Waals surface area contributed by atoms with Crippen molar-refractivity contribution in [2.24, 2.45) is 0 Å². The molecule has 1 fully saturated rings. The number of rotatable bonds is 2. The van der Waals surface area contributed by atoms with E-state index >= 15 is 0 Å². The number of hydrogen-bond donors (Lipinski definition) is 2. The molecule has 8 heteroatoms. The Hall–Kier alpha value is -2.74. The number of halogens is 1. The lowest BCUT2D eigenvalue weighted by molar-refractivity contribution is -0.121. The van der Waals surface area contributed by atoms with Crippen LogP contribution in [0.5, 0.6) is 0 Å². The first-order valence-electron chi connectivity index (χ1n) is 8.65. The lowest BCUT2D eigenvalue weighted by Crippen LogP contribution is -2.55. The van der Waals surface area contributed by atoms with Crippen molar-refractivity contribution in [3.8, 4) is 0 Å². The predicted octanol–water partition coefficient (Wildman–Crippen LogP) is 2.20. The molecule has 138 valence electrons. The minimum Gasteiger partial charge on any atom is -0.349 e. The van der Waals surface area contributed by atoms with Crippen LogP contribution in [0.4, 0.5) is 5.69 Å². The monoisotopic (exact) mass is 428 g/mol. The van der Waals surface area contributed by atoms with E-state index in [1.807, 2.05) is 0 Å². The highest BCUT2D eigenvalue weighted by atomic mass is 79.9. The molecule has 2 N–H and O–H groups in total. The summed E-state index contributed by atoms with van der Waals surface area (Å²) in [5.41, 5.74) is 1.51. The summed E-state index contributed by atoms with van der Waals surface area (Å²) in [5.74, 6) is -0.607. The van der Waals surface area contributed by atoms with Gasteiger partial charge >= 0.3 is 0 Å². The highest BCUT2D eigenvalue weighted by molar-refractivity contribution is 9.10. The summed E-state index contributed by atoms with van der Waals surface area (Å²) in [5, 5.41) is 5.80. The number of nitrogens with one attached hydrogen (secondary N) is 2. The molecule has 1 saturated heterocycles. The number of carbonyl (C=O) groups is 3. The summed E-state index contributed by atoms with van der Waals surface area (Å²) < 4.78 is 0.779. The first-order valence-corrected chi connectivity index (χ1v) is 9.44. The molecule has 2 atom stereocenters. The maximum absolute atomic E-state index is 12.9. The van der Waals surface area contributed by atoms with Crippen LogP contribution in [0.25, 0.3) is 0 Å². The van der Waals surface area contributed by atoms with Crippen molar-refractivity contribution >= 4 is 39.3 Å². The predicted molar refractivity (Wildman–Crippen MR) is 102 cm³/mol. The Kier molecular flexibility index (Phi) is 4.65. The Morgan fingerprint density at radius 1 is 1.22 bits per heavy atom. The van der Waals surface area contributed by atoms with Gasteiger partial charge in [0.05, 0.1) is 11.3 Å². The fourth-order valence-corrected chi connectivity index (χ4v) is 3.89. The Bertz CT molecular complexity index is 918. The van der Waals surface area contributed by atoms with Gasteiger partial charge in [0, 0.05) is 35.0 Å². The van der Waals surface area contributed by atoms with Crippen molar-refractivity contribution in [1.82, 2.24) is 15.2 Å². The molecule has 2 unspecified atom stereocenters. The third-order valence-corrected chi connectivity index (χ3v) is 5.41. The van der Waals surface area contributed by atoms with Crippen LogP contribution in [0.15, 0.2) is 47.2 Å². The highest BCUT2D eigenvalue weighted by Gasteiger charge is 2.40. The van der Waals surface area contributed by atoms with E-state index in [1.54, 1.807) is 47.6 Å². The SMILES string of the molecule is O=C(NC1CCN2C(=O)c3cc(Br)ccc3NC(=O)C2C1)c1ccncc1. The van der Waals surface area contributed by atoms with Crippen molar-refractivity contribution in [2.75, 3.05) is 11.9 Å². The van der Waals surface area contributed by atoms with Gasteiger partial charge in [0.1, 0.15) is 6.04 Å². The zero-order valence-electron chi connectivity index (χ0n) is 14.3. The Morgan fingerprint density at radius 2 is 2.00 bits per heavy atom. The number of amides is 3. The average molecular weight is 429 g/mol. The molecular formula is C19H17BrN4O3. The standard InChI is InChI=1S/C19H17BrN4O3/c20-12-1-2-15-14(9-12)19(27)24-8-5-13(10-16(24)18(26)23-15)22-17(25)11-3-6-21-7-4-11/h1-4,6-7,9,13,16H,5,8,10H2,(H,22,25)(H,23,26). The molecule has 0 aliphatic carbocycles. The van der Waals surface area contributed by atoms with Gasteiger partial charge in [-0.15, -0.1) is 0 Å².